The SMILES string of the molecule is COc1cc(CNCC(c2ccco2)N(C)C)ccc1OCc1csc(C)n1.O=C(O)C(=O)O.O=C(O)C(=O)O. The first-order chi connectivity index (χ1) is 18.8. The van der Waals surface area contributed by atoms with Crippen molar-refractivity contribution in [2.45, 2.75) is 26.1 Å². The molecule has 2 aromatic heterocycles. The van der Waals surface area contributed by atoms with E-state index in [4.69, 9.17) is 53.5 Å². The van der Waals surface area contributed by atoms with E-state index in [1.807, 2.05) is 50.7 Å². The van der Waals surface area contributed by atoms with Gasteiger partial charge in [0.15, 0.2) is 11.5 Å². The van der Waals surface area contributed by atoms with Gasteiger partial charge in [-0.1, -0.05) is 6.07 Å². The van der Waals surface area contributed by atoms with Gasteiger partial charge in [0.05, 0.1) is 30.1 Å². The van der Waals surface area contributed by atoms with Crippen molar-refractivity contribution in [3.8, 4) is 11.5 Å². The maximum absolute atomic E-state index is 9.10. The van der Waals surface area contributed by atoms with Crippen LogP contribution in [0, 0.1) is 6.92 Å². The Morgan fingerprint density at radius 2 is 1.65 bits per heavy atom. The summed E-state index contributed by atoms with van der Waals surface area (Å²) < 4.78 is 16.9. The third-order valence-electron chi connectivity index (χ3n) is 4.80. The molecule has 0 saturated carbocycles. The van der Waals surface area contributed by atoms with Crippen molar-refractivity contribution >= 4 is 35.2 Å². The van der Waals surface area contributed by atoms with E-state index in [1.54, 1.807) is 24.7 Å². The van der Waals surface area contributed by atoms with E-state index in [0.29, 0.717) is 6.61 Å². The van der Waals surface area contributed by atoms with Crippen molar-refractivity contribution in [3.63, 3.8) is 0 Å². The summed E-state index contributed by atoms with van der Waals surface area (Å²) in [4.78, 5) is 43.0. The Kier molecular flexibility index (Phi) is 14.4. The summed E-state index contributed by atoms with van der Waals surface area (Å²) in [5.74, 6) is -4.90. The molecule has 0 bridgehead atoms. The Morgan fingerprint density at radius 3 is 2.10 bits per heavy atom. The lowest BCUT2D eigenvalue weighted by Crippen LogP contribution is -2.30. The molecule has 218 valence electrons. The second kappa shape index (κ2) is 17.2. The summed E-state index contributed by atoms with van der Waals surface area (Å²) in [6.07, 6.45) is 1.71. The van der Waals surface area contributed by atoms with Gasteiger partial charge in [-0.15, -0.1) is 11.3 Å². The van der Waals surface area contributed by atoms with E-state index >= 15 is 0 Å². The van der Waals surface area contributed by atoms with Crippen LogP contribution in [0.25, 0.3) is 0 Å². The van der Waals surface area contributed by atoms with Crippen molar-refractivity contribution in [3.05, 3.63) is 64.0 Å². The van der Waals surface area contributed by atoms with E-state index in [-0.39, 0.29) is 6.04 Å². The van der Waals surface area contributed by atoms with Gasteiger partial charge in [0.2, 0.25) is 0 Å². The molecule has 0 fully saturated rings. The molecule has 0 radical (unpaired) electrons. The fourth-order valence-electron chi connectivity index (χ4n) is 2.94. The van der Waals surface area contributed by atoms with Gasteiger partial charge in [-0.2, -0.15) is 0 Å². The number of hydrogen-bond acceptors (Lipinski definition) is 11. The second-order valence-electron chi connectivity index (χ2n) is 7.98. The summed E-state index contributed by atoms with van der Waals surface area (Å²) in [6, 6.07) is 10.1. The van der Waals surface area contributed by atoms with Crippen LogP contribution in [0.4, 0.5) is 0 Å². The van der Waals surface area contributed by atoms with Crippen molar-refractivity contribution in [1.82, 2.24) is 15.2 Å². The molecule has 0 amide bonds. The quantitative estimate of drug-likeness (QED) is 0.218. The number of carboxylic acids is 4. The van der Waals surface area contributed by atoms with Crippen LogP contribution in [0.1, 0.15) is 28.1 Å². The average Bonchev–Trinajstić information content (AvgIpc) is 3.58. The van der Waals surface area contributed by atoms with Gasteiger partial charge < -0.3 is 39.6 Å². The molecule has 0 saturated heterocycles. The monoisotopic (exact) mass is 581 g/mol. The number of aryl methyl sites for hydroxylation is 1. The van der Waals surface area contributed by atoms with Gasteiger partial charge in [0, 0.05) is 18.5 Å². The standard InChI is InChI=1S/C21H27N3O3S.2C2H2O4/c1-15-23-17(14-28-15)13-27-20-8-7-16(10-21(20)25-4)11-22-12-18(24(2)3)19-6-5-9-26-19;2*3-1(4)2(5)6/h5-10,14,18,22H,11-13H2,1-4H3;2*(H,3,4)(H,5,6). The van der Waals surface area contributed by atoms with Crippen LogP contribution < -0.4 is 14.8 Å². The predicted molar refractivity (Wildman–Crippen MR) is 142 cm³/mol. The fourth-order valence-corrected chi connectivity index (χ4v) is 3.54. The number of hydrogen-bond donors (Lipinski definition) is 5. The van der Waals surface area contributed by atoms with E-state index < -0.39 is 23.9 Å². The van der Waals surface area contributed by atoms with Crippen LogP contribution in [-0.2, 0) is 32.3 Å². The molecule has 3 aromatic rings. The first-order valence-electron chi connectivity index (χ1n) is 11.4. The van der Waals surface area contributed by atoms with Gasteiger partial charge in [0.25, 0.3) is 0 Å². The molecule has 2 heterocycles. The molecule has 1 aromatic carbocycles. The van der Waals surface area contributed by atoms with Gasteiger partial charge in [-0.05, 0) is 50.8 Å². The van der Waals surface area contributed by atoms with Crippen LogP contribution in [0.3, 0.4) is 0 Å². The molecule has 0 aliphatic carbocycles. The number of furan rings is 1. The Bertz CT molecular complexity index is 1190. The smallest absolute Gasteiger partial charge is 0.414 e. The number of aliphatic carboxylic acids is 4. The molecule has 0 aliphatic rings. The highest BCUT2D eigenvalue weighted by atomic mass is 32.1. The van der Waals surface area contributed by atoms with Gasteiger partial charge in [-0.3, -0.25) is 4.90 Å². The topological polar surface area (TPSA) is 209 Å². The van der Waals surface area contributed by atoms with Gasteiger partial charge in [0.1, 0.15) is 12.4 Å². The Balaban J connectivity index is 0.000000559. The zero-order chi connectivity index (χ0) is 30.2. The third-order valence-corrected chi connectivity index (χ3v) is 5.62. The van der Waals surface area contributed by atoms with Gasteiger partial charge in [-0.25, -0.2) is 24.2 Å². The number of rotatable bonds is 10. The number of nitrogens with one attached hydrogen (secondary N) is 1. The fraction of sp³-hybridized carbons (Fsp3) is 0.320. The summed E-state index contributed by atoms with van der Waals surface area (Å²) in [7, 11) is 5.76. The highest BCUT2D eigenvalue weighted by molar-refractivity contribution is 7.09. The number of carboxylic acid groups (broad SMARTS) is 4. The lowest BCUT2D eigenvalue weighted by Gasteiger charge is -2.22. The Labute approximate surface area is 233 Å². The molecular formula is C25H31N3O11S. The Hall–Kier alpha value is -4.47. The maximum Gasteiger partial charge on any atom is 0.414 e. The molecule has 15 heteroatoms. The minimum atomic E-state index is -1.82. The minimum Gasteiger partial charge on any atom is -0.493 e. The predicted octanol–water partition coefficient (Wildman–Crippen LogP) is 2.34. The van der Waals surface area contributed by atoms with Crippen LogP contribution >= 0.6 is 11.3 Å². The van der Waals surface area contributed by atoms with Crippen LogP contribution in [0.2, 0.25) is 0 Å². The minimum absolute atomic E-state index is 0.182. The van der Waals surface area contributed by atoms with Gasteiger partial charge >= 0.3 is 23.9 Å². The molecule has 14 nitrogen and oxygen atoms in total. The van der Waals surface area contributed by atoms with Crippen LogP contribution in [0.5, 0.6) is 11.5 Å². The Morgan fingerprint density at radius 1 is 1.02 bits per heavy atom. The number of aromatic nitrogens is 1. The first kappa shape index (κ1) is 33.6. The molecule has 1 unspecified atom stereocenters. The second-order valence-corrected chi connectivity index (χ2v) is 9.04. The first-order valence-corrected chi connectivity index (χ1v) is 12.3. The van der Waals surface area contributed by atoms with E-state index in [1.165, 1.54) is 0 Å². The molecular weight excluding hydrogens is 550 g/mol. The third kappa shape index (κ3) is 12.4. The summed E-state index contributed by atoms with van der Waals surface area (Å²) in [5.41, 5.74) is 2.06. The molecule has 5 N–H and O–H groups in total. The van der Waals surface area contributed by atoms with Crippen molar-refractivity contribution in [2.24, 2.45) is 0 Å². The zero-order valence-corrected chi connectivity index (χ0v) is 23.0. The van der Waals surface area contributed by atoms with E-state index in [0.717, 1.165) is 46.6 Å². The van der Waals surface area contributed by atoms with E-state index in [2.05, 4.69) is 21.3 Å². The zero-order valence-electron chi connectivity index (χ0n) is 22.2. The maximum atomic E-state index is 9.10. The highest BCUT2D eigenvalue weighted by Crippen LogP contribution is 2.29. The van der Waals surface area contributed by atoms with Crippen LogP contribution in [0.15, 0.2) is 46.4 Å². The van der Waals surface area contributed by atoms with Crippen molar-refractivity contribution in [1.29, 1.82) is 0 Å². The van der Waals surface area contributed by atoms with Crippen molar-refractivity contribution < 1.29 is 53.5 Å². The number of methoxy groups -OCH3 is 1. The molecule has 1 atom stereocenters. The number of ether oxygens (including phenoxy) is 2. The molecule has 0 aliphatic heterocycles. The molecule has 40 heavy (non-hydrogen) atoms. The lowest BCUT2D eigenvalue weighted by molar-refractivity contribution is -0.159. The molecule has 0 spiro atoms. The lowest BCUT2D eigenvalue weighted by atomic mass is 10.1. The normalized spacial score (nSPS) is 10.8. The number of benzene rings is 1. The summed E-state index contributed by atoms with van der Waals surface area (Å²) in [5, 5.41) is 36.1. The summed E-state index contributed by atoms with van der Waals surface area (Å²) >= 11 is 1.62. The van der Waals surface area contributed by atoms with Crippen LogP contribution in [-0.4, -0.2) is 81.9 Å². The number of carbonyl (C=O) groups is 4. The number of nitrogens with zero attached hydrogens (tertiary/aromatic N) is 2. The van der Waals surface area contributed by atoms with E-state index in [9.17, 15) is 0 Å². The van der Waals surface area contributed by atoms with Crippen molar-refractivity contribution in [2.75, 3.05) is 27.7 Å². The molecule has 3 rings (SSSR count). The average molecular weight is 582 g/mol. The largest absolute Gasteiger partial charge is 0.493 e. The summed E-state index contributed by atoms with van der Waals surface area (Å²) in [6.45, 7) is 3.94. The number of thiazole rings is 1. The highest BCUT2D eigenvalue weighted by Gasteiger charge is 2.16. The number of likely N-dealkylation sites (N-methyl/N-ethyl adjacent to an activating group) is 1.